The number of carboxylic acids is 1. The lowest BCUT2D eigenvalue weighted by Crippen LogP contribution is -2.47. The minimum Gasteiger partial charge on any atom is -0.481 e. The van der Waals surface area contributed by atoms with Crippen molar-refractivity contribution in [2.75, 3.05) is 0 Å². The van der Waals surface area contributed by atoms with Gasteiger partial charge in [-0.2, -0.15) is 0 Å². The fourth-order valence-corrected chi connectivity index (χ4v) is 3.08. The van der Waals surface area contributed by atoms with Crippen molar-refractivity contribution >= 4 is 11.9 Å². The predicted octanol–water partition coefficient (Wildman–Crippen LogP) is 1.38. The second-order valence-electron chi connectivity index (χ2n) is 5.51. The highest BCUT2D eigenvalue weighted by Crippen LogP contribution is 2.35. The summed E-state index contributed by atoms with van der Waals surface area (Å²) in [5.41, 5.74) is 2.58. The normalized spacial score (nSPS) is 25.5. The van der Waals surface area contributed by atoms with Gasteiger partial charge in [-0.05, 0) is 36.8 Å². The van der Waals surface area contributed by atoms with E-state index in [2.05, 4.69) is 17.4 Å². The quantitative estimate of drug-likeness (QED) is 0.861. The standard InChI is InChI=1S/C15H17NO3/c17-14(12-5-6-13(12)15(18)19)16-11-7-9-3-1-2-4-10(9)8-11/h1-4,11-13H,5-8H2,(H,16,17)(H,18,19). The first-order chi connectivity index (χ1) is 9.15. The maximum Gasteiger partial charge on any atom is 0.307 e. The van der Waals surface area contributed by atoms with Gasteiger partial charge in [-0.15, -0.1) is 0 Å². The number of fused-ring (bicyclic) bond motifs is 1. The third-order valence-electron chi connectivity index (χ3n) is 4.33. The highest BCUT2D eigenvalue weighted by molar-refractivity contribution is 5.86. The molecule has 0 saturated heterocycles. The van der Waals surface area contributed by atoms with Crippen molar-refractivity contribution in [3.05, 3.63) is 35.4 Å². The number of hydrogen-bond acceptors (Lipinski definition) is 2. The Bertz CT molecular complexity index is 501. The SMILES string of the molecule is O=C(O)C1CCC1C(=O)NC1Cc2ccccc2C1. The molecule has 100 valence electrons. The molecular weight excluding hydrogens is 242 g/mol. The van der Waals surface area contributed by atoms with E-state index in [1.54, 1.807) is 0 Å². The van der Waals surface area contributed by atoms with Crippen LogP contribution in [0.3, 0.4) is 0 Å². The fraction of sp³-hybridized carbons (Fsp3) is 0.467. The minimum atomic E-state index is -0.846. The van der Waals surface area contributed by atoms with Crippen LogP contribution in [0.2, 0.25) is 0 Å². The van der Waals surface area contributed by atoms with Gasteiger partial charge < -0.3 is 10.4 Å². The number of amides is 1. The molecule has 1 saturated carbocycles. The highest BCUT2D eigenvalue weighted by atomic mass is 16.4. The van der Waals surface area contributed by atoms with E-state index in [1.807, 2.05) is 12.1 Å². The lowest BCUT2D eigenvalue weighted by Gasteiger charge is -2.32. The van der Waals surface area contributed by atoms with E-state index in [0.717, 1.165) is 12.8 Å². The van der Waals surface area contributed by atoms with Gasteiger partial charge in [0, 0.05) is 6.04 Å². The summed E-state index contributed by atoms with van der Waals surface area (Å²) >= 11 is 0. The summed E-state index contributed by atoms with van der Waals surface area (Å²) in [5, 5.41) is 12.0. The van der Waals surface area contributed by atoms with Crippen LogP contribution in [0.25, 0.3) is 0 Å². The Balaban J connectivity index is 1.59. The molecule has 0 aromatic heterocycles. The molecule has 2 unspecified atom stereocenters. The van der Waals surface area contributed by atoms with Crippen LogP contribution in [0.5, 0.6) is 0 Å². The molecule has 1 aromatic carbocycles. The smallest absolute Gasteiger partial charge is 0.307 e. The lowest BCUT2D eigenvalue weighted by atomic mass is 9.73. The van der Waals surface area contributed by atoms with Crippen LogP contribution in [0.1, 0.15) is 24.0 Å². The molecule has 0 radical (unpaired) electrons. The van der Waals surface area contributed by atoms with Crippen molar-refractivity contribution in [2.24, 2.45) is 11.8 Å². The number of carbonyl (C=O) groups excluding carboxylic acids is 1. The Kier molecular flexibility index (Phi) is 3.01. The summed E-state index contributed by atoms with van der Waals surface area (Å²) in [7, 11) is 0. The number of nitrogens with one attached hydrogen (secondary N) is 1. The van der Waals surface area contributed by atoms with Crippen molar-refractivity contribution < 1.29 is 14.7 Å². The molecule has 1 amide bonds. The van der Waals surface area contributed by atoms with Gasteiger partial charge in [-0.25, -0.2) is 0 Å². The van der Waals surface area contributed by atoms with E-state index in [9.17, 15) is 9.59 Å². The molecule has 2 atom stereocenters. The molecule has 19 heavy (non-hydrogen) atoms. The molecule has 0 aliphatic heterocycles. The van der Waals surface area contributed by atoms with Crippen LogP contribution >= 0.6 is 0 Å². The number of carboxylic acid groups (broad SMARTS) is 1. The van der Waals surface area contributed by atoms with Gasteiger partial charge in [0.15, 0.2) is 0 Å². The molecule has 3 rings (SSSR count). The Morgan fingerprint density at radius 1 is 1.05 bits per heavy atom. The van der Waals surface area contributed by atoms with Gasteiger partial charge in [0.2, 0.25) is 5.91 Å². The molecule has 2 N–H and O–H groups in total. The van der Waals surface area contributed by atoms with Gasteiger partial charge in [0.25, 0.3) is 0 Å². The maximum atomic E-state index is 12.1. The van der Waals surface area contributed by atoms with Gasteiger partial charge in [0.05, 0.1) is 11.8 Å². The van der Waals surface area contributed by atoms with Crippen molar-refractivity contribution in [1.29, 1.82) is 0 Å². The first kappa shape index (κ1) is 12.2. The average Bonchev–Trinajstić information content (AvgIpc) is 2.68. The molecule has 1 fully saturated rings. The largest absolute Gasteiger partial charge is 0.481 e. The third kappa shape index (κ3) is 2.23. The number of aliphatic carboxylic acids is 1. The van der Waals surface area contributed by atoms with E-state index >= 15 is 0 Å². The molecule has 1 aromatic rings. The predicted molar refractivity (Wildman–Crippen MR) is 69.6 cm³/mol. The Labute approximate surface area is 111 Å². The van der Waals surface area contributed by atoms with Gasteiger partial charge >= 0.3 is 5.97 Å². The zero-order valence-electron chi connectivity index (χ0n) is 10.6. The Morgan fingerprint density at radius 2 is 1.63 bits per heavy atom. The van der Waals surface area contributed by atoms with Crippen LogP contribution in [0, 0.1) is 11.8 Å². The molecular formula is C15H17NO3. The van der Waals surface area contributed by atoms with Gasteiger partial charge in [0.1, 0.15) is 0 Å². The zero-order chi connectivity index (χ0) is 13.4. The monoisotopic (exact) mass is 259 g/mol. The van der Waals surface area contributed by atoms with Crippen LogP contribution in [0.4, 0.5) is 0 Å². The van der Waals surface area contributed by atoms with Crippen LogP contribution in [0.15, 0.2) is 24.3 Å². The van der Waals surface area contributed by atoms with E-state index < -0.39 is 11.9 Å². The van der Waals surface area contributed by atoms with Crippen molar-refractivity contribution in [1.82, 2.24) is 5.32 Å². The van der Waals surface area contributed by atoms with Crippen LogP contribution in [-0.2, 0) is 22.4 Å². The first-order valence-electron chi connectivity index (χ1n) is 6.75. The maximum absolute atomic E-state index is 12.1. The molecule has 0 heterocycles. The Morgan fingerprint density at radius 3 is 2.11 bits per heavy atom. The second-order valence-corrected chi connectivity index (χ2v) is 5.51. The summed E-state index contributed by atoms with van der Waals surface area (Å²) in [5.74, 6) is -1.75. The average molecular weight is 259 g/mol. The summed E-state index contributed by atoms with van der Waals surface area (Å²) < 4.78 is 0. The highest BCUT2D eigenvalue weighted by Gasteiger charge is 2.42. The molecule has 4 nitrogen and oxygen atoms in total. The lowest BCUT2D eigenvalue weighted by molar-refractivity contribution is -0.152. The van der Waals surface area contributed by atoms with E-state index in [-0.39, 0.29) is 17.9 Å². The van der Waals surface area contributed by atoms with Crippen LogP contribution < -0.4 is 5.32 Å². The number of benzene rings is 1. The summed E-state index contributed by atoms with van der Waals surface area (Å²) in [4.78, 5) is 23.0. The first-order valence-corrected chi connectivity index (χ1v) is 6.75. The number of hydrogen-bond donors (Lipinski definition) is 2. The van der Waals surface area contributed by atoms with Crippen molar-refractivity contribution in [2.45, 2.75) is 31.7 Å². The van der Waals surface area contributed by atoms with Crippen molar-refractivity contribution in [3.63, 3.8) is 0 Å². The van der Waals surface area contributed by atoms with E-state index in [0.29, 0.717) is 12.8 Å². The van der Waals surface area contributed by atoms with E-state index in [4.69, 9.17) is 5.11 Å². The van der Waals surface area contributed by atoms with E-state index in [1.165, 1.54) is 11.1 Å². The topological polar surface area (TPSA) is 66.4 Å². The fourth-order valence-electron chi connectivity index (χ4n) is 3.08. The summed E-state index contributed by atoms with van der Waals surface area (Å²) in [6.45, 7) is 0. The third-order valence-corrected chi connectivity index (χ3v) is 4.33. The summed E-state index contributed by atoms with van der Waals surface area (Å²) in [6, 6.07) is 8.32. The molecule has 4 heteroatoms. The molecule has 0 spiro atoms. The van der Waals surface area contributed by atoms with Gasteiger partial charge in [-0.3, -0.25) is 9.59 Å². The van der Waals surface area contributed by atoms with Crippen LogP contribution in [-0.4, -0.2) is 23.0 Å². The Hall–Kier alpha value is -1.84. The number of carbonyl (C=O) groups is 2. The minimum absolute atomic E-state index is 0.0866. The molecule has 2 aliphatic carbocycles. The van der Waals surface area contributed by atoms with Gasteiger partial charge in [-0.1, -0.05) is 24.3 Å². The summed E-state index contributed by atoms with van der Waals surface area (Å²) in [6.07, 6.45) is 3.03. The van der Waals surface area contributed by atoms with Crippen molar-refractivity contribution in [3.8, 4) is 0 Å². The number of rotatable bonds is 3. The molecule has 2 aliphatic rings. The molecule has 0 bridgehead atoms. The second kappa shape index (κ2) is 4.68. The zero-order valence-corrected chi connectivity index (χ0v) is 10.6.